The Bertz CT molecular complexity index is 539. The number of amides is 2. The fourth-order valence-corrected chi connectivity index (χ4v) is 1.38. The molecule has 0 atom stereocenters. The molecular formula is C14H28N6O12. The van der Waals surface area contributed by atoms with Crippen LogP contribution in [0.5, 0.6) is 0 Å². The van der Waals surface area contributed by atoms with Gasteiger partial charge in [-0.3, -0.25) is 9.59 Å². The second kappa shape index (κ2) is 23.5. The summed E-state index contributed by atoms with van der Waals surface area (Å²) < 4.78 is 0. The molecule has 8 N–H and O–H groups in total. The van der Waals surface area contributed by atoms with Gasteiger partial charge in [0.2, 0.25) is 11.8 Å². The summed E-state index contributed by atoms with van der Waals surface area (Å²) in [5, 5.41) is 40.7. The maximum Gasteiger partial charge on any atom is 0.294 e. The van der Waals surface area contributed by atoms with E-state index < -0.39 is 22.1 Å². The van der Waals surface area contributed by atoms with Crippen LogP contribution in [-0.2, 0) is 28.9 Å². The van der Waals surface area contributed by atoms with Crippen molar-refractivity contribution in [3.8, 4) is 0 Å². The van der Waals surface area contributed by atoms with Gasteiger partial charge in [0.1, 0.15) is 0 Å². The predicted molar refractivity (Wildman–Crippen MR) is 95.9 cm³/mol. The first-order valence-corrected chi connectivity index (χ1v) is 9.06. The second-order valence-corrected chi connectivity index (χ2v) is 5.30. The van der Waals surface area contributed by atoms with Crippen molar-refractivity contribution < 1.29 is 60.7 Å². The fourth-order valence-electron chi connectivity index (χ4n) is 1.38. The molecule has 0 fully saturated rings. The fraction of sp³-hybridized carbons (Fsp3) is 0.714. The number of carbonyl (C=O) groups excluding carboxylic acids is 4. The highest BCUT2D eigenvalue weighted by Crippen LogP contribution is 1.90. The van der Waals surface area contributed by atoms with Crippen LogP contribution in [0.25, 0.3) is 0 Å². The zero-order valence-electron chi connectivity index (χ0n) is 17.3. The molecule has 0 aliphatic heterocycles. The number of hydrogen-bond donors (Lipinski definition) is 4. The lowest BCUT2D eigenvalue weighted by molar-refractivity contribution is -0.757. The van der Waals surface area contributed by atoms with Gasteiger partial charge in [0.25, 0.3) is 10.2 Å². The number of carbonyl (C=O) groups is 4. The molecule has 0 spiro atoms. The number of carboxylic acids is 2. The van der Waals surface area contributed by atoms with Gasteiger partial charge in [0.05, 0.1) is 51.3 Å². The quantitative estimate of drug-likeness (QED) is 0.0793. The molecule has 0 bridgehead atoms. The smallest absolute Gasteiger partial charge is 0.294 e. The Labute approximate surface area is 181 Å². The SMILES string of the molecule is O=C([O-])C(=O)[O-].[NH3+]CCNC(=O)CCCO[N+](=O)[O-].[NH3+]CCNC(=O)CCCO[N+](=O)[O-]. The molecule has 0 unspecified atom stereocenters. The summed E-state index contributed by atoms with van der Waals surface area (Å²) in [6.45, 7) is 2.27. The lowest BCUT2D eigenvalue weighted by Gasteiger charge is -2.01. The van der Waals surface area contributed by atoms with E-state index in [1.807, 2.05) is 0 Å². The van der Waals surface area contributed by atoms with E-state index in [9.17, 15) is 29.8 Å². The third-order valence-electron chi connectivity index (χ3n) is 2.65. The van der Waals surface area contributed by atoms with E-state index >= 15 is 0 Å². The van der Waals surface area contributed by atoms with E-state index in [-0.39, 0.29) is 37.9 Å². The lowest BCUT2D eigenvalue weighted by Crippen LogP contribution is -2.54. The second-order valence-electron chi connectivity index (χ2n) is 5.30. The summed E-state index contributed by atoms with van der Waals surface area (Å²) in [7, 11) is 0. The van der Waals surface area contributed by atoms with Gasteiger partial charge in [-0.2, -0.15) is 0 Å². The first-order chi connectivity index (χ1) is 15.0. The molecule has 0 radical (unpaired) electrons. The molecule has 32 heavy (non-hydrogen) atoms. The van der Waals surface area contributed by atoms with E-state index in [1.165, 1.54) is 0 Å². The van der Waals surface area contributed by atoms with Crippen LogP contribution in [0.2, 0.25) is 0 Å². The highest BCUT2D eigenvalue weighted by Gasteiger charge is 2.02. The number of nitrogens with zero attached hydrogens (tertiary/aromatic N) is 2. The molecule has 0 aromatic heterocycles. The Kier molecular flexibility index (Phi) is 24.1. The highest BCUT2D eigenvalue weighted by atomic mass is 17.0. The maximum atomic E-state index is 10.9. The van der Waals surface area contributed by atoms with Gasteiger partial charge in [-0.25, -0.2) is 0 Å². The van der Waals surface area contributed by atoms with Crippen molar-refractivity contribution in [1.82, 2.24) is 10.6 Å². The number of hydrogen-bond acceptors (Lipinski definition) is 12. The van der Waals surface area contributed by atoms with Gasteiger partial charge >= 0.3 is 0 Å². The molecule has 0 saturated heterocycles. The molecule has 18 nitrogen and oxygen atoms in total. The van der Waals surface area contributed by atoms with E-state index in [4.69, 9.17) is 19.8 Å². The third-order valence-corrected chi connectivity index (χ3v) is 2.65. The number of aliphatic carboxylic acids is 2. The predicted octanol–water partition coefficient (Wildman–Crippen LogP) is -6.85. The molecule has 0 aliphatic carbocycles. The minimum atomic E-state index is -2.19. The van der Waals surface area contributed by atoms with Crippen LogP contribution in [0.1, 0.15) is 25.7 Å². The monoisotopic (exact) mass is 472 g/mol. The summed E-state index contributed by atoms with van der Waals surface area (Å²) in [6.07, 6.45) is 1.19. The number of rotatable bonds is 14. The van der Waals surface area contributed by atoms with Crippen molar-refractivity contribution in [3.05, 3.63) is 20.2 Å². The molecule has 2 amide bonds. The molecule has 0 aromatic rings. The van der Waals surface area contributed by atoms with Crippen LogP contribution < -0.4 is 32.3 Å². The largest absolute Gasteiger partial charge is 0.543 e. The van der Waals surface area contributed by atoms with Gasteiger partial charge in [-0.05, 0) is 12.8 Å². The summed E-state index contributed by atoms with van der Waals surface area (Å²) in [4.78, 5) is 67.1. The molecule has 0 aliphatic rings. The first-order valence-electron chi connectivity index (χ1n) is 9.06. The van der Waals surface area contributed by atoms with E-state index in [2.05, 4.69) is 31.8 Å². The summed E-state index contributed by atoms with van der Waals surface area (Å²) >= 11 is 0. The third kappa shape index (κ3) is 33.8. The van der Waals surface area contributed by atoms with Crippen molar-refractivity contribution in [2.75, 3.05) is 39.4 Å². The average Bonchev–Trinajstić information content (AvgIpc) is 2.71. The zero-order valence-corrected chi connectivity index (χ0v) is 17.3. The van der Waals surface area contributed by atoms with Crippen LogP contribution >= 0.6 is 0 Å². The standard InChI is InChI=1S/2C6H13N3O4.C2H2O4/c2*7-3-4-8-6(10)2-1-5-13-9(11)12;3-1(4)2(5)6/h2*1-5,7H2,(H,8,10);(H,3,4)(H,5,6). The molecule has 0 heterocycles. The zero-order chi connectivity index (χ0) is 25.4. The van der Waals surface area contributed by atoms with Gasteiger partial charge in [-0.15, -0.1) is 20.2 Å². The minimum Gasteiger partial charge on any atom is -0.543 e. The van der Waals surface area contributed by atoms with Crippen LogP contribution in [0.15, 0.2) is 0 Å². The highest BCUT2D eigenvalue weighted by molar-refractivity contribution is 6.25. The normalized spacial score (nSPS) is 8.94. The summed E-state index contributed by atoms with van der Waals surface area (Å²) in [5.74, 6) is -4.63. The van der Waals surface area contributed by atoms with Gasteiger partial charge < -0.3 is 51.6 Å². The van der Waals surface area contributed by atoms with Crippen molar-refractivity contribution in [2.45, 2.75) is 25.7 Å². The molecule has 18 heteroatoms. The minimum absolute atomic E-state index is 0.0369. The molecule has 0 rings (SSSR count). The maximum absolute atomic E-state index is 10.9. The van der Waals surface area contributed by atoms with Crippen molar-refractivity contribution in [2.24, 2.45) is 0 Å². The average molecular weight is 472 g/mol. The van der Waals surface area contributed by atoms with Gasteiger partial charge in [0.15, 0.2) is 0 Å². The Balaban J connectivity index is -0.000000422. The Morgan fingerprint density at radius 2 is 1.03 bits per heavy atom. The topological polar surface area (TPSA) is 298 Å². The van der Waals surface area contributed by atoms with Gasteiger partial charge in [-0.1, -0.05) is 0 Å². The van der Waals surface area contributed by atoms with E-state index in [0.717, 1.165) is 0 Å². The van der Waals surface area contributed by atoms with Gasteiger partial charge in [0, 0.05) is 12.8 Å². The van der Waals surface area contributed by atoms with Crippen molar-refractivity contribution >= 4 is 23.8 Å². The van der Waals surface area contributed by atoms with Crippen LogP contribution in [0.3, 0.4) is 0 Å². The molecular weight excluding hydrogens is 444 g/mol. The lowest BCUT2D eigenvalue weighted by atomic mass is 10.3. The van der Waals surface area contributed by atoms with Crippen LogP contribution in [-0.4, -0.2) is 73.3 Å². The number of nitrogens with one attached hydrogen (secondary N) is 2. The molecule has 0 aromatic carbocycles. The Hall–Kier alpha value is -3.80. The summed E-state index contributed by atoms with van der Waals surface area (Å²) in [5.41, 5.74) is 7.10. The van der Waals surface area contributed by atoms with E-state index in [1.54, 1.807) is 0 Å². The van der Waals surface area contributed by atoms with Crippen LogP contribution in [0.4, 0.5) is 0 Å². The summed E-state index contributed by atoms with van der Waals surface area (Å²) in [6, 6.07) is 0. The Morgan fingerprint density at radius 1 is 0.719 bits per heavy atom. The molecule has 186 valence electrons. The number of carboxylic acid groups (broad SMARTS) is 2. The molecule has 0 saturated carbocycles. The van der Waals surface area contributed by atoms with E-state index in [0.29, 0.717) is 39.0 Å². The van der Waals surface area contributed by atoms with Crippen LogP contribution in [0, 0.1) is 20.2 Å². The van der Waals surface area contributed by atoms with Crippen molar-refractivity contribution in [1.29, 1.82) is 0 Å². The Morgan fingerprint density at radius 3 is 1.25 bits per heavy atom. The van der Waals surface area contributed by atoms with Crippen molar-refractivity contribution in [3.63, 3.8) is 0 Å². The number of quaternary nitrogens is 2. The first kappa shape index (κ1) is 32.9.